The van der Waals surface area contributed by atoms with Gasteiger partial charge in [0.15, 0.2) is 0 Å². The van der Waals surface area contributed by atoms with E-state index in [2.05, 4.69) is 163 Å². The van der Waals surface area contributed by atoms with Gasteiger partial charge in [0.1, 0.15) is 0 Å². The summed E-state index contributed by atoms with van der Waals surface area (Å²) in [5, 5.41) is 9.36. The number of fused-ring (bicyclic) bond motifs is 9. The number of para-hydroxylation sites is 3. The van der Waals surface area contributed by atoms with E-state index in [1.165, 1.54) is 33.4 Å². The fourth-order valence-electron chi connectivity index (χ4n) is 8.69. The summed E-state index contributed by atoms with van der Waals surface area (Å²) < 4.78 is 0. The molecule has 8 aromatic carbocycles. The number of hydrogen-bond acceptors (Lipinski definition) is 3. The first-order valence-corrected chi connectivity index (χ1v) is 19.0. The van der Waals surface area contributed by atoms with Crippen LogP contribution in [-0.4, -0.2) is 11.9 Å². The van der Waals surface area contributed by atoms with Crippen molar-refractivity contribution in [2.24, 2.45) is 4.99 Å². The number of benzene rings is 8. The Morgan fingerprint density at radius 2 is 0.982 bits per heavy atom. The molecule has 10 rings (SSSR count). The number of allylic oxidation sites excluding steroid dienone is 1. The Morgan fingerprint density at radius 1 is 0.464 bits per heavy atom. The van der Waals surface area contributed by atoms with E-state index >= 15 is 0 Å². The molecule has 0 aromatic heterocycles. The molecule has 1 heterocycles. The van der Waals surface area contributed by atoms with Gasteiger partial charge in [0.25, 0.3) is 0 Å². The van der Waals surface area contributed by atoms with Crippen LogP contribution in [0.25, 0.3) is 28.0 Å². The minimum Gasteiger partial charge on any atom is -0.310 e. The van der Waals surface area contributed by atoms with Crippen LogP contribution in [0.3, 0.4) is 0 Å². The maximum atomic E-state index is 9.36. The molecule has 3 nitrogen and oxygen atoms in total. The van der Waals surface area contributed by atoms with Gasteiger partial charge in [-0.1, -0.05) is 176 Å². The van der Waals surface area contributed by atoms with Crippen LogP contribution in [0.1, 0.15) is 38.9 Å². The normalized spacial score (nSPS) is 13.6. The third-order valence-electron chi connectivity index (χ3n) is 11.2. The zero-order chi connectivity index (χ0) is 37.5. The first kappa shape index (κ1) is 33.2. The van der Waals surface area contributed by atoms with Crippen molar-refractivity contribution in [3.63, 3.8) is 0 Å². The van der Waals surface area contributed by atoms with Crippen molar-refractivity contribution in [3.8, 4) is 22.3 Å². The molecular weight excluding hydrogens is 679 g/mol. The number of nitrogens with one attached hydrogen (secondary N) is 1. The highest BCUT2D eigenvalue weighted by Gasteiger charge is 2.51. The maximum Gasteiger partial charge on any atom is 0.0754 e. The van der Waals surface area contributed by atoms with E-state index < -0.39 is 5.41 Å². The summed E-state index contributed by atoms with van der Waals surface area (Å²) in [4.78, 5) is 7.53. The van der Waals surface area contributed by atoms with Crippen molar-refractivity contribution < 1.29 is 0 Å². The Morgan fingerprint density at radius 3 is 1.66 bits per heavy atom. The lowest BCUT2D eigenvalue weighted by Gasteiger charge is -2.45. The van der Waals surface area contributed by atoms with Gasteiger partial charge in [0.2, 0.25) is 0 Å². The van der Waals surface area contributed by atoms with Crippen LogP contribution in [0.15, 0.2) is 217 Å². The molecule has 1 aliphatic carbocycles. The summed E-state index contributed by atoms with van der Waals surface area (Å²) in [6.07, 6.45) is 3.81. The second-order valence-electron chi connectivity index (χ2n) is 14.3. The van der Waals surface area contributed by atoms with E-state index in [0.717, 1.165) is 50.6 Å². The lowest BCUT2D eigenvalue weighted by atomic mass is 9.64. The predicted octanol–water partition coefficient (Wildman–Crippen LogP) is 13.0. The molecule has 56 heavy (non-hydrogen) atoms. The molecule has 0 radical (unpaired) electrons. The van der Waals surface area contributed by atoms with Crippen LogP contribution in [0, 0.1) is 5.41 Å². The Labute approximate surface area is 327 Å². The zero-order valence-corrected chi connectivity index (χ0v) is 30.7. The van der Waals surface area contributed by atoms with Crippen molar-refractivity contribution in [1.29, 1.82) is 5.41 Å². The molecule has 0 bridgehead atoms. The van der Waals surface area contributed by atoms with Gasteiger partial charge in [0.05, 0.1) is 28.2 Å². The van der Waals surface area contributed by atoms with Crippen molar-refractivity contribution in [1.82, 2.24) is 0 Å². The van der Waals surface area contributed by atoms with Crippen molar-refractivity contribution >= 4 is 34.7 Å². The summed E-state index contributed by atoms with van der Waals surface area (Å²) in [6.45, 7) is 0. The minimum atomic E-state index is -0.588. The van der Waals surface area contributed by atoms with Gasteiger partial charge in [-0.15, -0.1) is 0 Å². The standard InChI is InChI=1S/C53H37N3/c54-49(40-30-28-39(29-31-40)38-18-6-2-7-19-38)35-50(55-36-37-16-4-1-5-17-37)41-32-33-44-43-22-10-11-23-45(43)53(48(44)34-41)46-24-12-14-26-51(46)56(42-20-8-3-9-21-42)52-27-15-13-25-47(52)53/h1-36,54H/b50-35-,54-49?,55-36?. The monoisotopic (exact) mass is 715 g/mol. The number of hydrogen-bond donors (Lipinski definition) is 1. The number of rotatable bonds is 7. The SMILES string of the molecule is N=C(/C=C(\N=Cc1ccccc1)c1ccc2c(c1)C1(c3ccccc3-2)c2ccccc2N(c2ccccc2)c2ccccc21)c1ccc(-c2ccccc2)cc1. The van der Waals surface area contributed by atoms with Crippen molar-refractivity contribution in [2.45, 2.75) is 5.41 Å². The first-order chi connectivity index (χ1) is 27.7. The first-order valence-electron chi connectivity index (χ1n) is 19.0. The Kier molecular flexibility index (Phi) is 8.19. The summed E-state index contributed by atoms with van der Waals surface area (Å²) in [5.74, 6) is 0. The van der Waals surface area contributed by atoms with E-state index in [-0.39, 0.29) is 0 Å². The van der Waals surface area contributed by atoms with Crippen molar-refractivity contribution in [2.75, 3.05) is 4.90 Å². The third-order valence-corrected chi connectivity index (χ3v) is 11.2. The lowest BCUT2D eigenvalue weighted by Crippen LogP contribution is -2.36. The molecule has 0 saturated carbocycles. The van der Waals surface area contributed by atoms with E-state index in [1.54, 1.807) is 0 Å². The molecule has 0 atom stereocenters. The molecule has 0 saturated heterocycles. The molecule has 1 spiro atoms. The molecule has 1 N–H and O–H groups in total. The summed E-state index contributed by atoms with van der Waals surface area (Å²) in [5.41, 5.74) is 16.4. The molecule has 264 valence electrons. The van der Waals surface area contributed by atoms with Crippen LogP contribution in [0.5, 0.6) is 0 Å². The minimum absolute atomic E-state index is 0.398. The zero-order valence-electron chi connectivity index (χ0n) is 30.7. The van der Waals surface area contributed by atoms with Crippen LogP contribution in [0.4, 0.5) is 17.1 Å². The summed E-state index contributed by atoms with van der Waals surface area (Å²) in [7, 11) is 0. The van der Waals surface area contributed by atoms with E-state index in [0.29, 0.717) is 5.71 Å². The largest absolute Gasteiger partial charge is 0.310 e. The maximum absolute atomic E-state index is 9.36. The second kappa shape index (κ2) is 13.8. The van der Waals surface area contributed by atoms with Crippen LogP contribution in [-0.2, 0) is 5.41 Å². The molecule has 2 aliphatic rings. The fourth-order valence-corrected chi connectivity index (χ4v) is 8.69. The summed E-state index contributed by atoms with van der Waals surface area (Å²) in [6, 6.07) is 72.8. The fraction of sp³-hybridized carbons (Fsp3) is 0.0189. The Balaban J connectivity index is 1.17. The van der Waals surface area contributed by atoms with E-state index in [1.807, 2.05) is 60.8 Å². The Bertz CT molecular complexity index is 2750. The van der Waals surface area contributed by atoms with Crippen LogP contribution < -0.4 is 4.90 Å². The third kappa shape index (κ3) is 5.44. The molecule has 0 unspecified atom stereocenters. The van der Waals surface area contributed by atoms with Gasteiger partial charge < -0.3 is 10.3 Å². The molecule has 8 aromatic rings. The van der Waals surface area contributed by atoms with Crippen LogP contribution in [0.2, 0.25) is 0 Å². The van der Waals surface area contributed by atoms with Crippen molar-refractivity contribution in [3.05, 3.63) is 251 Å². The van der Waals surface area contributed by atoms with Gasteiger partial charge in [-0.3, -0.25) is 4.99 Å². The number of aliphatic imine (C=N–C) groups is 1. The van der Waals surface area contributed by atoms with Crippen LogP contribution >= 0.6 is 0 Å². The van der Waals surface area contributed by atoms with Gasteiger partial charge in [-0.05, 0) is 92.0 Å². The average molecular weight is 716 g/mol. The molecule has 0 amide bonds. The van der Waals surface area contributed by atoms with Gasteiger partial charge in [-0.2, -0.15) is 0 Å². The van der Waals surface area contributed by atoms with Gasteiger partial charge in [-0.25, -0.2) is 0 Å². The molecule has 0 fully saturated rings. The molecule has 1 aliphatic heterocycles. The van der Waals surface area contributed by atoms with E-state index in [4.69, 9.17) is 4.99 Å². The molecular formula is C53H37N3. The van der Waals surface area contributed by atoms with Gasteiger partial charge >= 0.3 is 0 Å². The van der Waals surface area contributed by atoms with Gasteiger partial charge in [0, 0.05) is 17.5 Å². The topological polar surface area (TPSA) is 39.5 Å². The number of nitrogens with zero attached hydrogens (tertiary/aromatic N) is 2. The Hall–Kier alpha value is -7.36. The molecule has 3 heteroatoms. The highest BCUT2D eigenvalue weighted by Crippen LogP contribution is 2.63. The predicted molar refractivity (Wildman–Crippen MR) is 233 cm³/mol. The lowest BCUT2D eigenvalue weighted by molar-refractivity contribution is 0.752. The van der Waals surface area contributed by atoms with E-state index in [9.17, 15) is 5.41 Å². The average Bonchev–Trinajstić information content (AvgIpc) is 3.56. The highest BCUT2D eigenvalue weighted by atomic mass is 15.2. The number of anilines is 3. The second-order valence-corrected chi connectivity index (χ2v) is 14.3. The smallest absolute Gasteiger partial charge is 0.0754 e. The quantitative estimate of drug-likeness (QED) is 0.164. The summed E-state index contributed by atoms with van der Waals surface area (Å²) >= 11 is 0. The highest BCUT2D eigenvalue weighted by molar-refractivity contribution is 6.11.